The first kappa shape index (κ1) is 27.3. The number of hydrogen-bond donors (Lipinski definition) is 1. The SMILES string of the molecule is CCOC(=O)/C(C)=C\C(C)=C\c1csc([C@H](Cc2ccc(OCc3ccccc3)cc2)NC(=O)C2CC2)n1. The third kappa shape index (κ3) is 8.15. The van der Waals surface area contributed by atoms with Crippen LogP contribution in [0.15, 0.2) is 77.2 Å². The molecule has 0 unspecified atom stereocenters. The second-order valence-corrected chi connectivity index (χ2v) is 10.4. The van der Waals surface area contributed by atoms with Crippen LogP contribution in [0.25, 0.3) is 6.08 Å². The van der Waals surface area contributed by atoms with E-state index in [9.17, 15) is 9.59 Å². The van der Waals surface area contributed by atoms with Gasteiger partial charge in [0.05, 0.1) is 18.3 Å². The molecule has 1 aliphatic rings. The second kappa shape index (κ2) is 13.2. The van der Waals surface area contributed by atoms with Crippen LogP contribution >= 0.6 is 11.3 Å². The van der Waals surface area contributed by atoms with Gasteiger partial charge in [-0.15, -0.1) is 11.3 Å². The summed E-state index contributed by atoms with van der Waals surface area (Å²) in [4.78, 5) is 29.4. The summed E-state index contributed by atoms with van der Waals surface area (Å²) in [6.45, 7) is 6.32. The number of aromatic nitrogens is 1. The van der Waals surface area contributed by atoms with E-state index >= 15 is 0 Å². The number of esters is 1. The standard InChI is InChI=1S/C31H34N2O4S/c1-4-36-31(35)22(3)16-21(2)17-26-20-38-30(32-26)28(33-29(34)25-12-13-25)18-23-10-14-27(15-11-23)37-19-24-8-6-5-7-9-24/h5-11,14-17,20,25,28H,4,12-13,18-19H2,1-3H3,(H,33,34)/b21-17+,22-16-/t28-/m0/s1. The normalized spacial score (nSPS) is 14.6. The number of benzene rings is 2. The van der Waals surface area contributed by atoms with Crippen molar-refractivity contribution in [1.29, 1.82) is 0 Å². The van der Waals surface area contributed by atoms with Gasteiger partial charge in [-0.2, -0.15) is 0 Å². The molecule has 0 bridgehead atoms. The molecule has 1 amide bonds. The van der Waals surface area contributed by atoms with Crippen LogP contribution in [0.1, 0.15) is 61.5 Å². The van der Waals surface area contributed by atoms with Crippen molar-refractivity contribution in [1.82, 2.24) is 10.3 Å². The van der Waals surface area contributed by atoms with Crippen LogP contribution in [0, 0.1) is 5.92 Å². The van der Waals surface area contributed by atoms with Crippen molar-refractivity contribution in [2.75, 3.05) is 6.61 Å². The van der Waals surface area contributed by atoms with E-state index in [2.05, 4.69) is 5.32 Å². The fraction of sp³-hybridized carbons (Fsp3) is 0.323. The van der Waals surface area contributed by atoms with Gasteiger partial charge in [-0.3, -0.25) is 4.79 Å². The number of thiazole rings is 1. The van der Waals surface area contributed by atoms with Crippen LogP contribution < -0.4 is 10.1 Å². The minimum Gasteiger partial charge on any atom is -0.489 e. The molecule has 3 aromatic rings. The monoisotopic (exact) mass is 530 g/mol. The van der Waals surface area contributed by atoms with Crippen LogP contribution in [-0.4, -0.2) is 23.5 Å². The molecular formula is C31H34N2O4S. The van der Waals surface area contributed by atoms with Crippen molar-refractivity contribution in [3.05, 3.63) is 99.0 Å². The summed E-state index contributed by atoms with van der Waals surface area (Å²) in [6.07, 6.45) is 6.26. The summed E-state index contributed by atoms with van der Waals surface area (Å²) >= 11 is 1.53. The van der Waals surface area contributed by atoms with Crippen molar-refractivity contribution < 1.29 is 19.1 Å². The first-order chi connectivity index (χ1) is 18.4. The number of rotatable bonds is 12. The number of carbonyl (C=O) groups is 2. The molecular weight excluding hydrogens is 496 g/mol. The predicted molar refractivity (Wildman–Crippen MR) is 151 cm³/mol. The van der Waals surface area contributed by atoms with E-state index in [1.54, 1.807) is 19.9 Å². The third-order valence-corrected chi connectivity index (χ3v) is 7.11. The summed E-state index contributed by atoms with van der Waals surface area (Å²) in [5.74, 6) is 0.691. The maximum atomic E-state index is 12.7. The number of carbonyl (C=O) groups excluding carboxylic acids is 2. The highest BCUT2D eigenvalue weighted by molar-refractivity contribution is 7.09. The lowest BCUT2D eigenvalue weighted by Crippen LogP contribution is -2.31. The van der Waals surface area contributed by atoms with Gasteiger partial charge >= 0.3 is 5.97 Å². The van der Waals surface area contributed by atoms with Gasteiger partial charge in [-0.25, -0.2) is 9.78 Å². The third-order valence-electron chi connectivity index (χ3n) is 6.13. The summed E-state index contributed by atoms with van der Waals surface area (Å²) < 4.78 is 11.0. The number of nitrogens with zero attached hydrogens (tertiary/aromatic N) is 1. The minimum atomic E-state index is -0.321. The Morgan fingerprint density at radius 2 is 1.82 bits per heavy atom. The Balaban J connectivity index is 1.44. The minimum absolute atomic E-state index is 0.0919. The van der Waals surface area contributed by atoms with Crippen molar-refractivity contribution in [3.8, 4) is 5.75 Å². The largest absolute Gasteiger partial charge is 0.489 e. The second-order valence-electron chi connectivity index (χ2n) is 9.50. The van der Waals surface area contributed by atoms with Crippen molar-refractivity contribution in [2.24, 2.45) is 5.92 Å². The van der Waals surface area contributed by atoms with Crippen molar-refractivity contribution in [3.63, 3.8) is 0 Å². The van der Waals surface area contributed by atoms with Crippen molar-refractivity contribution in [2.45, 2.75) is 52.7 Å². The Labute approximate surface area is 228 Å². The maximum absolute atomic E-state index is 12.7. The Hall–Kier alpha value is -3.71. The van der Waals surface area contributed by atoms with E-state index in [1.165, 1.54) is 11.3 Å². The molecule has 0 saturated heterocycles. The average molecular weight is 531 g/mol. The van der Waals surface area contributed by atoms with Gasteiger partial charge in [-0.05, 0) is 81.0 Å². The molecule has 1 heterocycles. The number of allylic oxidation sites excluding steroid dienone is 2. The highest BCUT2D eigenvalue weighted by Gasteiger charge is 2.32. The zero-order valence-electron chi connectivity index (χ0n) is 22.1. The molecule has 1 aliphatic carbocycles. The fourth-order valence-electron chi connectivity index (χ4n) is 3.98. The van der Waals surface area contributed by atoms with Gasteiger partial charge < -0.3 is 14.8 Å². The first-order valence-corrected chi connectivity index (χ1v) is 13.8. The highest BCUT2D eigenvalue weighted by atomic mass is 32.1. The number of amides is 1. The highest BCUT2D eigenvalue weighted by Crippen LogP contribution is 2.31. The molecule has 1 aromatic heterocycles. The molecule has 38 heavy (non-hydrogen) atoms. The summed E-state index contributed by atoms with van der Waals surface area (Å²) in [7, 11) is 0. The average Bonchev–Trinajstić information content (AvgIpc) is 3.67. The molecule has 1 saturated carbocycles. The molecule has 7 heteroatoms. The lowest BCUT2D eigenvalue weighted by atomic mass is 10.1. The molecule has 1 atom stereocenters. The van der Waals surface area contributed by atoms with Crippen LogP contribution in [0.4, 0.5) is 0 Å². The van der Waals surface area contributed by atoms with Gasteiger partial charge in [0, 0.05) is 16.9 Å². The Morgan fingerprint density at radius 1 is 1.08 bits per heavy atom. The van der Waals surface area contributed by atoms with Crippen LogP contribution in [-0.2, 0) is 27.4 Å². The molecule has 198 valence electrons. The van der Waals surface area contributed by atoms with E-state index < -0.39 is 0 Å². The van der Waals surface area contributed by atoms with E-state index in [1.807, 2.05) is 73.0 Å². The molecule has 1 fully saturated rings. The van der Waals surface area contributed by atoms with Gasteiger partial charge in [0.1, 0.15) is 17.4 Å². The van der Waals surface area contributed by atoms with E-state index in [4.69, 9.17) is 14.5 Å². The lowest BCUT2D eigenvalue weighted by Gasteiger charge is -2.17. The molecule has 0 spiro atoms. The smallest absolute Gasteiger partial charge is 0.333 e. The van der Waals surface area contributed by atoms with Crippen LogP contribution in [0.2, 0.25) is 0 Å². The van der Waals surface area contributed by atoms with Gasteiger partial charge in [-0.1, -0.05) is 42.5 Å². The maximum Gasteiger partial charge on any atom is 0.333 e. The van der Waals surface area contributed by atoms with Gasteiger partial charge in [0.2, 0.25) is 5.91 Å². The topological polar surface area (TPSA) is 77.5 Å². The van der Waals surface area contributed by atoms with Gasteiger partial charge in [0.25, 0.3) is 0 Å². The fourth-order valence-corrected chi connectivity index (χ4v) is 4.81. The Bertz CT molecular complexity index is 1290. The Kier molecular flexibility index (Phi) is 9.49. The van der Waals surface area contributed by atoms with E-state index in [0.29, 0.717) is 25.2 Å². The lowest BCUT2D eigenvalue weighted by molar-refractivity contribution is -0.138. The number of ether oxygens (including phenoxy) is 2. The first-order valence-electron chi connectivity index (χ1n) is 13.0. The van der Waals surface area contributed by atoms with Gasteiger partial charge in [0.15, 0.2) is 0 Å². The van der Waals surface area contributed by atoms with Crippen LogP contribution in [0.5, 0.6) is 5.75 Å². The predicted octanol–water partition coefficient (Wildman–Crippen LogP) is 6.44. The molecule has 6 nitrogen and oxygen atoms in total. The number of hydrogen-bond acceptors (Lipinski definition) is 6. The zero-order valence-corrected chi connectivity index (χ0v) is 22.9. The summed E-state index contributed by atoms with van der Waals surface area (Å²) in [6, 6.07) is 17.9. The molecule has 4 rings (SSSR count). The number of nitrogens with one attached hydrogen (secondary N) is 1. The van der Waals surface area contributed by atoms with E-state index in [-0.39, 0.29) is 23.8 Å². The van der Waals surface area contributed by atoms with Crippen LogP contribution in [0.3, 0.4) is 0 Å². The summed E-state index contributed by atoms with van der Waals surface area (Å²) in [5, 5.41) is 6.05. The molecule has 1 N–H and O–H groups in total. The quantitative estimate of drug-likeness (QED) is 0.166. The van der Waals surface area contributed by atoms with Crippen molar-refractivity contribution >= 4 is 29.3 Å². The van der Waals surface area contributed by atoms with E-state index in [0.717, 1.165) is 46.0 Å². The Morgan fingerprint density at radius 3 is 2.50 bits per heavy atom. The zero-order chi connectivity index (χ0) is 26.9. The molecule has 2 aromatic carbocycles. The molecule has 0 aliphatic heterocycles. The summed E-state index contributed by atoms with van der Waals surface area (Å²) in [5.41, 5.74) is 4.45. The molecule has 0 radical (unpaired) electrons.